The minimum absolute atomic E-state index is 0.0981. The fraction of sp³-hybridized carbons (Fsp3) is 0.889. The molecule has 6 atom stereocenters. The van der Waals surface area contributed by atoms with Crippen molar-refractivity contribution in [2.45, 2.75) is 65.1 Å². The Kier molecular flexibility index (Phi) is 4.32. The van der Waals surface area contributed by atoms with Crippen molar-refractivity contribution in [3.05, 3.63) is 0 Å². The second-order valence-electron chi connectivity index (χ2n) is 8.03. The molecule has 130 valence electrons. The van der Waals surface area contributed by atoms with E-state index in [2.05, 4.69) is 4.74 Å². The predicted octanol–water partition coefficient (Wildman–Crippen LogP) is 3.55. The average molecular weight is 324 g/mol. The van der Waals surface area contributed by atoms with Crippen LogP contribution in [0.4, 0.5) is 4.79 Å². The van der Waals surface area contributed by atoms with Crippen LogP contribution < -0.4 is 0 Å². The van der Waals surface area contributed by atoms with Gasteiger partial charge in [0, 0.05) is 5.92 Å². The zero-order chi connectivity index (χ0) is 16.8. The summed E-state index contributed by atoms with van der Waals surface area (Å²) in [7, 11) is 1.42. The van der Waals surface area contributed by atoms with E-state index in [0.29, 0.717) is 5.92 Å². The summed E-state index contributed by atoms with van der Waals surface area (Å²) < 4.78 is 15.0. The molecule has 0 radical (unpaired) electrons. The van der Waals surface area contributed by atoms with E-state index in [-0.39, 0.29) is 23.6 Å². The minimum atomic E-state index is -0.429. The van der Waals surface area contributed by atoms with Crippen LogP contribution in [0.15, 0.2) is 0 Å². The summed E-state index contributed by atoms with van der Waals surface area (Å²) in [5.41, 5.74) is -0.311. The average Bonchev–Trinajstić information content (AvgIpc) is 3.25. The van der Waals surface area contributed by atoms with Crippen LogP contribution in [0, 0.1) is 29.1 Å². The number of carbonyl (C=O) groups is 2. The van der Waals surface area contributed by atoms with E-state index < -0.39 is 6.16 Å². The number of rotatable bonds is 2. The zero-order valence-electron chi connectivity index (χ0n) is 14.5. The third-order valence-electron chi connectivity index (χ3n) is 6.51. The molecule has 2 bridgehead atoms. The maximum absolute atomic E-state index is 11.0. The van der Waals surface area contributed by atoms with Gasteiger partial charge < -0.3 is 14.2 Å². The molecule has 3 aliphatic carbocycles. The first-order chi connectivity index (χ1) is 10.9. The van der Waals surface area contributed by atoms with E-state index in [1.807, 2.05) is 20.8 Å². The number of fused-ring (bicyclic) bond motifs is 7. The smallest absolute Gasteiger partial charge is 0.469 e. The van der Waals surface area contributed by atoms with Crippen LogP contribution in [0.3, 0.4) is 0 Å². The lowest BCUT2D eigenvalue weighted by atomic mass is 9.81. The molecule has 4 aliphatic rings. The highest BCUT2D eigenvalue weighted by Crippen LogP contribution is 2.60. The van der Waals surface area contributed by atoms with Gasteiger partial charge >= 0.3 is 12.1 Å². The third-order valence-corrected chi connectivity index (χ3v) is 6.51. The van der Waals surface area contributed by atoms with E-state index in [1.165, 1.54) is 26.4 Å². The van der Waals surface area contributed by atoms with Gasteiger partial charge in [-0.05, 0) is 63.7 Å². The summed E-state index contributed by atoms with van der Waals surface area (Å²) >= 11 is 0. The van der Waals surface area contributed by atoms with Gasteiger partial charge in [0.15, 0.2) is 0 Å². The van der Waals surface area contributed by atoms with Gasteiger partial charge in [-0.1, -0.05) is 6.92 Å². The van der Waals surface area contributed by atoms with Gasteiger partial charge in [0.2, 0.25) is 0 Å². The number of carbonyl (C=O) groups excluding carboxylic acids is 2. The van der Waals surface area contributed by atoms with Gasteiger partial charge in [-0.2, -0.15) is 0 Å². The van der Waals surface area contributed by atoms with Crippen LogP contribution in [0.2, 0.25) is 0 Å². The van der Waals surface area contributed by atoms with E-state index in [4.69, 9.17) is 9.47 Å². The summed E-state index contributed by atoms with van der Waals surface area (Å²) in [5.74, 6) is 3.06. The molecular formula is C18H28O5. The van der Waals surface area contributed by atoms with Crippen molar-refractivity contribution in [3.63, 3.8) is 0 Å². The predicted molar refractivity (Wildman–Crippen MR) is 83.7 cm³/mol. The van der Waals surface area contributed by atoms with Crippen molar-refractivity contribution >= 4 is 12.1 Å². The number of hydrogen-bond acceptors (Lipinski definition) is 5. The molecular weight excluding hydrogens is 296 g/mol. The topological polar surface area (TPSA) is 61.8 Å². The molecule has 0 aromatic rings. The maximum atomic E-state index is 11.0. The van der Waals surface area contributed by atoms with Crippen molar-refractivity contribution < 1.29 is 23.8 Å². The second-order valence-corrected chi connectivity index (χ2v) is 8.03. The number of ether oxygens (including phenoxy) is 3. The van der Waals surface area contributed by atoms with Crippen LogP contribution in [0.5, 0.6) is 0 Å². The normalized spacial score (nSPS) is 39.7. The van der Waals surface area contributed by atoms with E-state index in [1.54, 1.807) is 0 Å². The second kappa shape index (κ2) is 5.99. The highest BCUT2D eigenvalue weighted by atomic mass is 16.8. The monoisotopic (exact) mass is 324 g/mol. The molecule has 4 rings (SSSR count). The lowest BCUT2D eigenvalue weighted by Crippen LogP contribution is -2.28. The van der Waals surface area contributed by atoms with Gasteiger partial charge in [0.05, 0.1) is 12.5 Å². The highest BCUT2D eigenvalue weighted by Gasteiger charge is 2.61. The summed E-state index contributed by atoms with van der Waals surface area (Å²) in [6, 6.07) is 0. The van der Waals surface area contributed by atoms with Crippen molar-refractivity contribution in [1.82, 2.24) is 0 Å². The van der Waals surface area contributed by atoms with Gasteiger partial charge in [0.25, 0.3) is 0 Å². The Morgan fingerprint density at radius 2 is 1.91 bits per heavy atom. The van der Waals surface area contributed by atoms with Crippen LogP contribution in [0.25, 0.3) is 0 Å². The summed E-state index contributed by atoms with van der Waals surface area (Å²) in [6.07, 6.45) is 5.81. The fourth-order valence-electron chi connectivity index (χ4n) is 4.92. The lowest BCUT2D eigenvalue weighted by molar-refractivity contribution is -0.150. The number of hydrogen-bond donors (Lipinski definition) is 0. The first-order valence-electron chi connectivity index (χ1n) is 8.83. The van der Waals surface area contributed by atoms with E-state index in [0.717, 1.165) is 30.6 Å². The minimum Gasteiger partial charge on any atom is -0.469 e. The van der Waals surface area contributed by atoms with Crippen molar-refractivity contribution in [3.8, 4) is 0 Å². The SMILES string of the molecule is CCC(C)(C)C(=O)OC.O=C1OC2CC3C4CCC(C4)C3C2O1. The van der Waals surface area contributed by atoms with Gasteiger partial charge in [-0.3, -0.25) is 4.79 Å². The zero-order valence-corrected chi connectivity index (χ0v) is 14.5. The van der Waals surface area contributed by atoms with Crippen molar-refractivity contribution in [2.24, 2.45) is 29.1 Å². The van der Waals surface area contributed by atoms with Gasteiger partial charge in [-0.25, -0.2) is 4.79 Å². The van der Waals surface area contributed by atoms with Crippen LogP contribution in [-0.2, 0) is 19.0 Å². The number of esters is 1. The van der Waals surface area contributed by atoms with Crippen LogP contribution >= 0.6 is 0 Å². The Bertz CT molecular complexity index is 486. The molecule has 4 fully saturated rings. The molecule has 0 amide bonds. The Balaban J connectivity index is 0.000000154. The van der Waals surface area contributed by atoms with Crippen LogP contribution in [0.1, 0.15) is 52.9 Å². The third kappa shape index (κ3) is 2.83. The number of methoxy groups -OCH3 is 1. The largest absolute Gasteiger partial charge is 0.509 e. The standard InChI is InChI=1S/C11H14O3.C7H14O2/c12-11-13-8-4-7-5-1-2-6(3-5)9(7)10(8)14-11;1-5-7(2,3)6(8)9-4/h5-10H,1-4H2;5H2,1-4H3. The Morgan fingerprint density at radius 3 is 2.52 bits per heavy atom. The molecule has 3 saturated carbocycles. The molecule has 0 aromatic heterocycles. The quantitative estimate of drug-likeness (QED) is 0.727. The Morgan fingerprint density at radius 1 is 1.22 bits per heavy atom. The van der Waals surface area contributed by atoms with E-state index >= 15 is 0 Å². The van der Waals surface area contributed by atoms with Gasteiger partial charge in [-0.15, -0.1) is 0 Å². The lowest BCUT2D eigenvalue weighted by Gasteiger charge is -2.26. The summed E-state index contributed by atoms with van der Waals surface area (Å²) in [5, 5.41) is 0. The van der Waals surface area contributed by atoms with Gasteiger partial charge in [0.1, 0.15) is 12.2 Å². The molecule has 23 heavy (non-hydrogen) atoms. The van der Waals surface area contributed by atoms with Crippen molar-refractivity contribution in [2.75, 3.05) is 7.11 Å². The van der Waals surface area contributed by atoms with Crippen molar-refractivity contribution in [1.29, 1.82) is 0 Å². The molecule has 0 aromatic carbocycles. The molecule has 1 heterocycles. The summed E-state index contributed by atoms with van der Waals surface area (Å²) in [6.45, 7) is 5.72. The fourth-order valence-corrected chi connectivity index (χ4v) is 4.92. The Labute approximate surface area is 138 Å². The molecule has 5 heteroatoms. The molecule has 5 nitrogen and oxygen atoms in total. The molecule has 6 unspecified atom stereocenters. The first-order valence-corrected chi connectivity index (χ1v) is 8.83. The summed E-state index contributed by atoms with van der Waals surface area (Å²) in [4.78, 5) is 21.8. The maximum Gasteiger partial charge on any atom is 0.509 e. The molecule has 1 aliphatic heterocycles. The first kappa shape index (κ1) is 16.6. The Hall–Kier alpha value is -1.26. The van der Waals surface area contributed by atoms with E-state index in [9.17, 15) is 9.59 Å². The molecule has 0 spiro atoms. The highest BCUT2D eigenvalue weighted by molar-refractivity contribution is 5.75. The molecule has 0 N–H and O–H groups in total. The van der Waals surface area contributed by atoms with Crippen LogP contribution in [-0.4, -0.2) is 31.4 Å². The molecule has 1 saturated heterocycles.